The van der Waals surface area contributed by atoms with E-state index in [4.69, 9.17) is 16.4 Å². The van der Waals surface area contributed by atoms with Crippen molar-refractivity contribution in [2.24, 2.45) is 11.1 Å². The van der Waals surface area contributed by atoms with Gasteiger partial charge in [-0.05, 0) is 36.8 Å². The van der Waals surface area contributed by atoms with Crippen molar-refractivity contribution in [2.45, 2.75) is 13.0 Å². The fourth-order valence-electron chi connectivity index (χ4n) is 3.11. The smallest absolute Gasteiger partial charge is 0.278 e. The summed E-state index contributed by atoms with van der Waals surface area (Å²) in [6, 6.07) is 10.6. The van der Waals surface area contributed by atoms with Gasteiger partial charge in [-0.25, -0.2) is 9.29 Å². The van der Waals surface area contributed by atoms with Gasteiger partial charge < -0.3 is 4.84 Å². The summed E-state index contributed by atoms with van der Waals surface area (Å²) in [6.07, 6.45) is -1.01. The number of rotatable bonds is 2. The first kappa shape index (κ1) is 15.8. The zero-order chi connectivity index (χ0) is 17.7. The Bertz CT molecular complexity index is 926. The Hall–Kier alpha value is -2.73. The lowest BCUT2D eigenvalue weighted by Gasteiger charge is -2.18. The molecule has 0 saturated carbocycles. The minimum absolute atomic E-state index is 0.325. The molecule has 7 heteroatoms. The molecule has 0 spiro atoms. The molecule has 0 bridgehead atoms. The van der Waals surface area contributed by atoms with E-state index in [2.05, 4.69) is 5.16 Å². The molecule has 0 aliphatic carbocycles. The largest absolute Gasteiger partial charge is 0.381 e. The maximum atomic E-state index is 13.1. The lowest BCUT2D eigenvalue weighted by Crippen LogP contribution is -2.33. The lowest BCUT2D eigenvalue weighted by molar-refractivity contribution is -0.126. The summed E-state index contributed by atoms with van der Waals surface area (Å²) in [5.41, 5.74) is 1.93. The molecule has 2 aliphatic rings. The number of amides is 2. The van der Waals surface area contributed by atoms with Crippen molar-refractivity contribution in [3.8, 4) is 0 Å². The highest BCUT2D eigenvalue weighted by Gasteiger charge is 2.56. The number of benzene rings is 2. The molecule has 0 N–H and O–H groups in total. The van der Waals surface area contributed by atoms with Crippen molar-refractivity contribution in [1.82, 2.24) is 0 Å². The molecule has 2 heterocycles. The maximum Gasteiger partial charge on any atom is 0.278 e. The molecular formula is C18H12ClFN2O3. The second-order valence-electron chi connectivity index (χ2n) is 5.88. The van der Waals surface area contributed by atoms with Gasteiger partial charge in [0, 0.05) is 10.6 Å². The van der Waals surface area contributed by atoms with Crippen molar-refractivity contribution < 1.29 is 18.8 Å². The zero-order valence-corrected chi connectivity index (χ0v) is 13.8. The van der Waals surface area contributed by atoms with Crippen molar-refractivity contribution in [3.63, 3.8) is 0 Å². The van der Waals surface area contributed by atoms with Crippen LogP contribution in [0, 0.1) is 18.7 Å². The SMILES string of the molecule is Cc1c(Cl)cccc1N1C(=O)[C@H]2C(c3ccc(F)cc3)=NO[C@@H]2C1=O. The van der Waals surface area contributed by atoms with E-state index in [0.717, 1.165) is 4.90 Å². The molecule has 0 unspecified atom stereocenters. The third kappa shape index (κ3) is 2.33. The summed E-state index contributed by atoms with van der Waals surface area (Å²) in [6.45, 7) is 1.74. The molecule has 4 rings (SSSR count). The normalized spacial score (nSPS) is 22.0. The van der Waals surface area contributed by atoms with Gasteiger partial charge in [0.2, 0.25) is 12.0 Å². The van der Waals surface area contributed by atoms with E-state index in [0.29, 0.717) is 27.5 Å². The van der Waals surface area contributed by atoms with Crippen LogP contribution in [0.15, 0.2) is 47.6 Å². The van der Waals surface area contributed by atoms with Crippen LogP contribution in [-0.4, -0.2) is 23.6 Å². The summed E-state index contributed by atoms with van der Waals surface area (Å²) in [5.74, 6) is -2.16. The van der Waals surface area contributed by atoms with Crippen LogP contribution in [0.2, 0.25) is 5.02 Å². The Morgan fingerprint density at radius 3 is 2.56 bits per heavy atom. The number of halogens is 2. The molecule has 25 heavy (non-hydrogen) atoms. The summed E-state index contributed by atoms with van der Waals surface area (Å²) in [7, 11) is 0. The van der Waals surface area contributed by atoms with E-state index in [1.54, 1.807) is 25.1 Å². The van der Waals surface area contributed by atoms with Gasteiger partial charge in [0.05, 0.1) is 5.69 Å². The van der Waals surface area contributed by atoms with Crippen LogP contribution in [0.4, 0.5) is 10.1 Å². The molecule has 2 aromatic carbocycles. The maximum absolute atomic E-state index is 13.1. The van der Waals surface area contributed by atoms with Gasteiger partial charge in [0.1, 0.15) is 17.4 Å². The van der Waals surface area contributed by atoms with Crippen molar-refractivity contribution in [3.05, 3.63) is 64.4 Å². The van der Waals surface area contributed by atoms with E-state index < -0.39 is 29.7 Å². The summed E-state index contributed by atoms with van der Waals surface area (Å²) in [4.78, 5) is 32.0. The highest BCUT2D eigenvalue weighted by atomic mass is 35.5. The molecule has 1 saturated heterocycles. The predicted molar refractivity (Wildman–Crippen MR) is 90.0 cm³/mol. The molecule has 5 nitrogen and oxygen atoms in total. The minimum atomic E-state index is -1.01. The van der Waals surface area contributed by atoms with Crippen LogP contribution in [0.3, 0.4) is 0 Å². The number of anilines is 1. The first-order chi connectivity index (χ1) is 12.0. The van der Waals surface area contributed by atoms with Crippen LogP contribution in [0.1, 0.15) is 11.1 Å². The molecule has 0 aromatic heterocycles. The molecule has 2 atom stereocenters. The van der Waals surface area contributed by atoms with E-state index >= 15 is 0 Å². The lowest BCUT2D eigenvalue weighted by atomic mass is 9.94. The Morgan fingerprint density at radius 1 is 1.12 bits per heavy atom. The number of nitrogens with zero attached hydrogens (tertiary/aromatic N) is 2. The third-order valence-corrected chi connectivity index (χ3v) is 4.84. The molecule has 2 amide bonds. The molecule has 1 fully saturated rings. The van der Waals surface area contributed by atoms with E-state index in [9.17, 15) is 14.0 Å². The second-order valence-corrected chi connectivity index (χ2v) is 6.29. The number of hydrogen-bond donors (Lipinski definition) is 0. The molecule has 2 aromatic rings. The van der Waals surface area contributed by atoms with Gasteiger partial charge in [0.25, 0.3) is 5.91 Å². The minimum Gasteiger partial charge on any atom is -0.381 e. The first-order valence-corrected chi connectivity index (χ1v) is 7.99. The first-order valence-electron chi connectivity index (χ1n) is 7.61. The average Bonchev–Trinajstić information content (AvgIpc) is 3.13. The standard InChI is InChI=1S/C18H12ClFN2O3/c1-9-12(19)3-2-4-13(9)22-17(23)14-15(21-25-16(14)18(22)24)10-5-7-11(20)8-6-10/h2-8,14,16H,1H3/t14-,16-/m0/s1. The fraction of sp³-hybridized carbons (Fsp3) is 0.167. The zero-order valence-electron chi connectivity index (χ0n) is 13.1. The van der Waals surface area contributed by atoms with Crippen molar-refractivity contribution >= 4 is 34.8 Å². The molecular weight excluding hydrogens is 347 g/mol. The van der Waals surface area contributed by atoms with Crippen molar-refractivity contribution in [1.29, 1.82) is 0 Å². The second kappa shape index (κ2) is 5.67. The van der Waals surface area contributed by atoms with Crippen LogP contribution in [0.25, 0.3) is 0 Å². The van der Waals surface area contributed by atoms with E-state index in [-0.39, 0.29) is 0 Å². The van der Waals surface area contributed by atoms with Crippen molar-refractivity contribution in [2.75, 3.05) is 4.90 Å². The van der Waals surface area contributed by atoms with Crippen LogP contribution < -0.4 is 4.90 Å². The van der Waals surface area contributed by atoms with Crippen LogP contribution in [-0.2, 0) is 14.4 Å². The van der Waals surface area contributed by atoms with Gasteiger partial charge in [-0.15, -0.1) is 0 Å². The highest BCUT2D eigenvalue weighted by Crippen LogP contribution is 2.37. The monoisotopic (exact) mass is 358 g/mol. The summed E-state index contributed by atoms with van der Waals surface area (Å²) < 4.78 is 13.1. The number of carbonyl (C=O) groups is 2. The van der Waals surface area contributed by atoms with Gasteiger partial charge >= 0.3 is 0 Å². The summed E-state index contributed by atoms with van der Waals surface area (Å²) in [5, 5.41) is 4.35. The number of carbonyl (C=O) groups excluding carboxylic acids is 2. The Balaban J connectivity index is 1.73. The molecule has 126 valence electrons. The quantitative estimate of drug-likeness (QED) is 0.775. The Labute approximate surface area is 147 Å². The number of fused-ring (bicyclic) bond motifs is 1. The highest BCUT2D eigenvalue weighted by molar-refractivity contribution is 6.34. The fourth-order valence-corrected chi connectivity index (χ4v) is 3.28. The average molecular weight is 359 g/mol. The molecule has 2 aliphatic heterocycles. The third-order valence-electron chi connectivity index (χ3n) is 4.43. The number of hydrogen-bond acceptors (Lipinski definition) is 4. The topological polar surface area (TPSA) is 59.0 Å². The van der Waals surface area contributed by atoms with Gasteiger partial charge in [0.15, 0.2) is 0 Å². The van der Waals surface area contributed by atoms with Gasteiger partial charge in [-0.1, -0.05) is 35.0 Å². The molecule has 0 radical (unpaired) electrons. The predicted octanol–water partition coefficient (Wildman–Crippen LogP) is 3.08. The summed E-state index contributed by atoms with van der Waals surface area (Å²) >= 11 is 6.11. The van der Waals surface area contributed by atoms with Crippen LogP contribution >= 0.6 is 11.6 Å². The van der Waals surface area contributed by atoms with Gasteiger partial charge in [-0.2, -0.15) is 0 Å². The van der Waals surface area contributed by atoms with E-state index in [1.807, 2.05) is 0 Å². The Kier molecular flexibility index (Phi) is 3.58. The number of oxime groups is 1. The van der Waals surface area contributed by atoms with E-state index in [1.165, 1.54) is 24.3 Å². The van der Waals surface area contributed by atoms with Crippen LogP contribution in [0.5, 0.6) is 0 Å². The number of imide groups is 1. The Morgan fingerprint density at radius 2 is 1.84 bits per heavy atom. The van der Waals surface area contributed by atoms with Gasteiger partial charge in [-0.3, -0.25) is 9.59 Å².